The number of rotatable bonds is 11. The van der Waals surface area contributed by atoms with E-state index in [1.165, 1.54) is 11.3 Å². The minimum absolute atomic E-state index is 0.330. The van der Waals surface area contributed by atoms with Crippen LogP contribution in [0, 0.1) is 11.7 Å². The maximum atomic E-state index is 16.1. The first-order valence-corrected chi connectivity index (χ1v) is 17.2. The molecule has 6 aromatic rings. The largest absolute Gasteiger partial charge is 0.497 e. The topological polar surface area (TPSA) is 105 Å². The zero-order chi connectivity index (χ0) is 34.1. The van der Waals surface area contributed by atoms with Crippen molar-refractivity contribution in [2.45, 2.75) is 45.8 Å². The monoisotopic (exact) mass is 679 g/mol. The second-order valence-electron chi connectivity index (χ2n) is 12.5. The average molecular weight is 680 g/mol. The van der Waals surface area contributed by atoms with Gasteiger partial charge >= 0.3 is 0 Å². The fraction of sp³-hybridized carbons (Fsp3) is 0.289. The summed E-state index contributed by atoms with van der Waals surface area (Å²) in [6.07, 6.45) is 2.26. The van der Waals surface area contributed by atoms with Crippen LogP contribution in [0.15, 0.2) is 72.8 Å². The zero-order valence-corrected chi connectivity index (χ0v) is 28.6. The fourth-order valence-corrected chi connectivity index (χ4v) is 7.25. The van der Waals surface area contributed by atoms with Crippen LogP contribution >= 0.6 is 11.3 Å². The van der Waals surface area contributed by atoms with Gasteiger partial charge in [0.1, 0.15) is 34.4 Å². The Morgan fingerprint density at radius 2 is 1.61 bits per heavy atom. The van der Waals surface area contributed by atoms with Gasteiger partial charge in [-0.05, 0) is 84.5 Å². The molecule has 1 aliphatic heterocycles. The number of carbonyl (C=O) groups excluding carboxylic acids is 1. The number of primary amides is 1. The first-order valence-electron chi connectivity index (χ1n) is 16.4. The van der Waals surface area contributed by atoms with Crippen molar-refractivity contribution in [2.24, 2.45) is 11.7 Å². The number of hydrogen-bond donors (Lipinski definition) is 1. The predicted molar refractivity (Wildman–Crippen MR) is 191 cm³/mol. The van der Waals surface area contributed by atoms with Crippen molar-refractivity contribution in [3.05, 3.63) is 95.3 Å². The Kier molecular flexibility index (Phi) is 9.09. The molecule has 11 heteroatoms. The normalized spacial score (nSPS) is 13.5. The molecule has 7 rings (SSSR count). The number of methoxy groups -OCH3 is 2. The van der Waals surface area contributed by atoms with Crippen molar-refractivity contribution in [3.63, 3.8) is 0 Å². The molecule has 49 heavy (non-hydrogen) atoms. The standard InChI is InChI=1S/C38H38FN5O4S/c1-23(36(40)45)16-26-17-31-34-33(18-26)48-15-5-4-14-44(34)37(41-31)27-19-30(39)35-32(20-27)42-38(49-35)43(21-24-6-10-28(46-2)11-7-24)22-25-8-12-29(47-3)13-9-25/h6-13,17-20,23H,4-5,14-16,21-22H2,1-3H3,(H2,40,45)/t23-/m1/s1. The van der Waals surface area contributed by atoms with Gasteiger partial charge in [-0.1, -0.05) is 42.5 Å². The number of imidazole rings is 1. The van der Waals surface area contributed by atoms with Crippen molar-refractivity contribution in [2.75, 3.05) is 25.7 Å². The van der Waals surface area contributed by atoms with Crippen molar-refractivity contribution in [1.82, 2.24) is 14.5 Å². The summed E-state index contributed by atoms with van der Waals surface area (Å²) in [6, 6.07) is 23.3. The van der Waals surface area contributed by atoms with Crippen molar-refractivity contribution < 1.29 is 23.4 Å². The second kappa shape index (κ2) is 13.8. The molecule has 0 radical (unpaired) electrons. The number of benzene rings is 4. The molecule has 4 aromatic carbocycles. The van der Waals surface area contributed by atoms with Gasteiger partial charge in [-0.2, -0.15) is 0 Å². The number of nitrogens with zero attached hydrogens (tertiary/aromatic N) is 4. The maximum absolute atomic E-state index is 16.1. The molecule has 0 aliphatic carbocycles. The van der Waals surface area contributed by atoms with Crippen molar-refractivity contribution >= 4 is 43.6 Å². The maximum Gasteiger partial charge on any atom is 0.220 e. The molecular formula is C38H38FN5O4S. The van der Waals surface area contributed by atoms with Crippen molar-refractivity contribution in [1.29, 1.82) is 0 Å². The van der Waals surface area contributed by atoms with Gasteiger partial charge < -0.3 is 29.4 Å². The lowest BCUT2D eigenvalue weighted by Crippen LogP contribution is -2.22. The summed E-state index contributed by atoms with van der Waals surface area (Å²) in [7, 11) is 3.30. The van der Waals surface area contributed by atoms with Crippen LogP contribution < -0.4 is 24.8 Å². The minimum atomic E-state index is -0.354. The summed E-state index contributed by atoms with van der Waals surface area (Å²) < 4.78 is 35.6. The van der Waals surface area contributed by atoms with Gasteiger partial charge in [0.2, 0.25) is 5.91 Å². The van der Waals surface area contributed by atoms with Gasteiger partial charge in [-0.25, -0.2) is 14.4 Å². The lowest BCUT2D eigenvalue weighted by molar-refractivity contribution is -0.121. The molecule has 0 saturated carbocycles. The Labute approximate surface area is 288 Å². The lowest BCUT2D eigenvalue weighted by atomic mass is 10.00. The van der Waals surface area contributed by atoms with Crippen LogP contribution in [0.4, 0.5) is 9.52 Å². The summed E-state index contributed by atoms with van der Waals surface area (Å²) in [4.78, 5) is 24.0. The van der Waals surface area contributed by atoms with E-state index < -0.39 is 0 Å². The molecule has 0 spiro atoms. The van der Waals surface area contributed by atoms with Crippen LogP contribution in [0.2, 0.25) is 0 Å². The van der Waals surface area contributed by atoms with Crippen molar-refractivity contribution in [3.8, 4) is 28.6 Å². The summed E-state index contributed by atoms with van der Waals surface area (Å²) in [5.41, 5.74) is 11.5. The summed E-state index contributed by atoms with van der Waals surface area (Å²) in [5, 5.41) is 0.712. The van der Waals surface area contributed by atoms with Crippen LogP contribution in [-0.2, 0) is 30.8 Å². The van der Waals surface area contributed by atoms with E-state index in [0.717, 1.165) is 58.6 Å². The van der Waals surface area contributed by atoms with E-state index in [-0.39, 0.29) is 17.6 Å². The van der Waals surface area contributed by atoms with Gasteiger partial charge in [0, 0.05) is 31.1 Å². The Balaban J connectivity index is 1.28. The van der Waals surface area contributed by atoms with E-state index >= 15 is 4.39 Å². The Morgan fingerprint density at radius 1 is 0.939 bits per heavy atom. The summed E-state index contributed by atoms with van der Waals surface area (Å²) in [5.74, 6) is 1.91. The number of thiazole rings is 1. The number of aromatic nitrogens is 3. The third-order valence-corrected chi connectivity index (χ3v) is 10.1. The molecule has 9 nitrogen and oxygen atoms in total. The first kappa shape index (κ1) is 32.4. The number of carbonyl (C=O) groups is 1. The van der Waals surface area contributed by atoms with Crippen LogP contribution in [0.5, 0.6) is 17.2 Å². The number of ether oxygens (including phenoxy) is 3. The van der Waals surface area contributed by atoms with Crippen LogP contribution in [0.1, 0.15) is 36.5 Å². The van der Waals surface area contributed by atoms with Crippen LogP contribution in [0.3, 0.4) is 0 Å². The molecule has 0 saturated heterocycles. The van der Waals surface area contributed by atoms with Gasteiger partial charge in [0.25, 0.3) is 0 Å². The Morgan fingerprint density at radius 3 is 2.24 bits per heavy atom. The number of hydrogen-bond acceptors (Lipinski definition) is 8. The first-order chi connectivity index (χ1) is 23.8. The molecule has 3 heterocycles. The zero-order valence-electron chi connectivity index (χ0n) is 27.7. The molecule has 2 aromatic heterocycles. The van der Waals surface area contributed by atoms with E-state index in [1.807, 2.05) is 73.7 Å². The number of anilines is 1. The summed E-state index contributed by atoms with van der Waals surface area (Å²) >= 11 is 1.34. The van der Waals surface area contributed by atoms with E-state index in [1.54, 1.807) is 20.3 Å². The number of nitrogens with two attached hydrogens (primary N) is 1. The predicted octanol–water partition coefficient (Wildman–Crippen LogP) is 7.51. The number of aryl methyl sites for hydroxylation is 1. The van der Waals surface area contributed by atoms with Crippen LogP contribution in [0.25, 0.3) is 32.6 Å². The van der Waals surface area contributed by atoms with Gasteiger partial charge in [-0.3, -0.25) is 4.79 Å². The smallest absolute Gasteiger partial charge is 0.220 e. The lowest BCUT2D eigenvalue weighted by Gasteiger charge is -2.22. The number of amides is 1. The molecule has 2 N–H and O–H groups in total. The number of fused-ring (bicyclic) bond motifs is 1. The quantitative estimate of drug-likeness (QED) is 0.151. The SMILES string of the molecule is COc1ccc(CN(Cc2ccc(OC)cc2)c2nc3cc(-c4nc5cc(C[C@@H](C)C(N)=O)cc6c5n4CCCCO6)cc(F)c3s2)cc1. The molecular weight excluding hydrogens is 642 g/mol. The number of halogens is 1. The molecule has 1 atom stereocenters. The van der Waals surface area contributed by atoms with E-state index in [0.29, 0.717) is 58.6 Å². The molecule has 0 bridgehead atoms. The van der Waals surface area contributed by atoms with Gasteiger partial charge in [0.05, 0.1) is 36.6 Å². The van der Waals surface area contributed by atoms with E-state index in [4.69, 9.17) is 29.9 Å². The van der Waals surface area contributed by atoms with Gasteiger partial charge in [0.15, 0.2) is 5.13 Å². The minimum Gasteiger partial charge on any atom is -0.497 e. The van der Waals surface area contributed by atoms with E-state index in [2.05, 4.69) is 9.47 Å². The van der Waals surface area contributed by atoms with Crippen LogP contribution in [-0.4, -0.2) is 41.3 Å². The molecule has 252 valence electrons. The highest BCUT2D eigenvalue weighted by Crippen LogP contribution is 2.39. The summed E-state index contributed by atoms with van der Waals surface area (Å²) in [6.45, 7) is 4.27. The highest BCUT2D eigenvalue weighted by molar-refractivity contribution is 7.22. The second-order valence-corrected chi connectivity index (χ2v) is 13.4. The van der Waals surface area contributed by atoms with Gasteiger partial charge in [-0.15, -0.1) is 0 Å². The Hall–Kier alpha value is -5.16. The highest BCUT2D eigenvalue weighted by atomic mass is 32.1. The molecule has 0 fully saturated rings. The Bertz CT molecular complexity index is 2080. The highest BCUT2D eigenvalue weighted by Gasteiger charge is 2.23. The third-order valence-electron chi connectivity index (χ3n) is 8.95. The molecule has 1 aliphatic rings. The molecule has 0 unspecified atom stereocenters. The third kappa shape index (κ3) is 6.76. The van der Waals surface area contributed by atoms with E-state index in [9.17, 15) is 4.79 Å². The fourth-order valence-electron chi connectivity index (χ4n) is 6.30. The molecule has 1 amide bonds. The average Bonchev–Trinajstić information content (AvgIpc) is 3.69.